The Morgan fingerprint density at radius 1 is 1.13 bits per heavy atom. The van der Waals surface area contributed by atoms with Gasteiger partial charge in [0.15, 0.2) is 0 Å². The van der Waals surface area contributed by atoms with Crippen molar-refractivity contribution in [2.75, 3.05) is 19.8 Å². The quantitative estimate of drug-likeness (QED) is 0.434. The van der Waals surface area contributed by atoms with Crippen LogP contribution in [0.5, 0.6) is 5.75 Å². The molecule has 2 aromatic rings. The first-order valence-electron chi connectivity index (χ1n) is 10.7. The standard InChI is InChI=1S/C25H27NO5/c1-3-30-19-12-10-18(11-13-19)23(27)21-22(17-8-6-16(2)7-9-17)26(25(29)24(21)28)15-20-5-4-14-31-20/h6-13,20,22,27H,3-5,14-15H2,1-2H3/b23-21-. The molecule has 2 heterocycles. The van der Waals surface area contributed by atoms with E-state index >= 15 is 0 Å². The SMILES string of the molecule is CCOc1ccc(/C(O)=C2/C(=O)C(=O)N(CC3CCCO3)C2c2ccc(C)cc2)cc1. The fraction of sp³-hybridized carbons (Fsp3) is 0.360. The highest BCUT2D eigenvalue weighted by atomic mass is 16.5. The number of hydrogen-bond donors (Lipinski definition) is 1. The molecular weight excluding hydrogens is 394 g/mol. The number of aliphatic hydroxyl groups is 1. The summed E-state index contributed by atoms with van der Waals surface area (Å²) in [5, 5.41) is 11.1. The van der Waals surface area contributed by atoms with Crippen LogP contribution in [0.4, 0.5) is 0 Å². The third-order valence-corrected chi connectivity index (χ3v) is 5.80. The summed E-state index contributed by atoms with van der Waals surface area (Å²) in [5.74, 6) is -0.779. The number of Topliss-reactive ketones (excluding diaryl/α,β-unsaturated/α-hetero) is 1. The molecule has 2 atom stereocenters. The van der Waals surface area contributed by atoms with E-state index in [0.717, 1.165) is 24.0 Å². The molecule has 0 radical (unpaired) electrons. The van der Waals surface area contributed by atoms with Gasteiger partial charge in [-0.2, -0.15) is 0 Å². The Labute approximate surface area is 182 Å². The lowest BCUT2D eigenvalue weighted by molar-refractivity contribution is -0.140. The van der Waals surface area contributed by atoms with E-state index < -0.39 is 17.7 Å². The number of nitrogens with zero attached hydrogens (tertiary/aromatic N) is 1. The van der Waals surface area contributed by atoms with Crippen LogP contribution in [0.15, 0.2) is 54.1 Å². The van der Waals surface area contributed by atoms with Gasteiger partial charge in [0, 0.05) is 18.7 Å². The van der Waals surface area contributed by atoms with Crippen LogP contribution in [-0.2, 0) is 14.3 Å². The summed E-state index contributed by atoms with van der Waals surface area (Å²) in [6, 6.07) is 13.9. The molecule has 162 valence electrons. The van der Waals surface area contributed by atoms with E-state index in [1.54, 1.807) is 29.2 Å². The first-order chi connectivity index (χ1) is 15.0. The Kier molecular flexibility index (Phi) is 6.09. The van der Waals surface area contributed by atoms with Gasteiger partial charge in [-0.25, -0.2) is 0 Å². The molecule has 1 amide bonds. The molecule has 2 saturated heterocycles. The minimum absolute atomic E-state index is 0.100. The van der Waals surface area contributed by atoms with Crippen molar-refractivity contribution in [2.24, 2.45) is 0 Å². The van der Waals surface area contributed by atoms with Crippen molar-refractivity contribution in [2.45, 2.75) is 38.8 Å². The average molecular weight is 421 g/mol. The lowest BCUT2D eigenvalue weighted by Crippen LogP contribution is -2.36. The highest BCUT2D eigenvalue weighted by Gasteiger charge is 2.47. The number of carbonyl (C=O) groups is 2. The van der Waals surface area contributed by atoms with E-state index in [1.165, 1.54) is 0 Å². The fourth-order valence-electron chi connectivity index (χ4n) is 4.20. The van der Waals surface area contributed by atoms with E-state index in [-0.39, 0.29) is 17.4 Å². The zero-order chi connectivity index (χ0) is 22.0. The molecule has 2 aromatic carbocycles. The van der Waals surface area contributed by atoms with E-state index in [0.29, 0.717) is 31.1 Å². The lowest BCUT2D eigenvalue weighted by Gasteiger charge is -2.27. The molecule has 2 aliphatic rings. The molecule has 0 aromatic heterocycles. The number of amides is 1. The molecular formula is C25H27NO5. The number of aryl methyl sites for hydroxylation is 1. The number of hydrogen-bond acceptors (Lipinski definition) is 5. The molecule has 2 fully saturated rings. The van der Waals surface area contributed by atoms with Gasteiger partial charge in [0.2, 0.25) is 0 Å². The minimum Gasteiger partial charge on any atom is -0.507 e. The second-order valence-corrected chi connectivity index (χ2v) is 7.95. The van der Waals surface area contributed by atoms with Gasteiger partial charge >= 0.3 is 0 Å². The lowest BCUT2D eigenvalue weighted by atomic mass is 9.94. The highest BCUT2D eigenvalue weighted by molar-refractivity contribution is 6.46. The third-order valence-electron chi connectivity index (χ3n) is 5.80. The smallest absolute Gasteiger partial charge is 0.295 e. The zero-order valence-electron chi connectivity index (χ0n) is 17.8. The van der Waals surface area contributed by atoms with E-state index in [2.05, 4.69) is 0 Å². The van der Waals surface area contributed by atoms with Crippen LogP contribution in [0.25, 0.3) is 5.76 Å². The van der Waals surface area contributed by atoms with Crippen molar-refractivity contribution in [3.8, 4) is 5.75 Å². The van der Waals surface area contributed by atoms with Crippen LogP contribution in [0.1, 0.15) is 42.5 Å². The van der Waals surface area contributed by atoms with Crippen LogP contribution in [-0.4, -0.2) is 47.6 Å². The van der Waals surface area contributed by atoms with Gasteiger partial charge in [-0.05, 0) is 56.5 Å². The molecule has 2 aliphatic heterocycles. The molecule has 0 saturated carbocycles. The largest absolute Gasteiger partial charge is 0.507 e. The first-order valence-corrected chi connectivity index (χ1v) is 10.7. The average Bonchev–Trinajstić information content (AvgIpc) is 3.37. The summed E-state index contributed by atoms with van der Waals surface area (Å²) < 4.78 is 11.2. The van der Waals surface area contributed by atoms with Gasteiger partial charge in [-0.15, -0.1) is 0 Å². The van der Waals surface area contributed by atoms with E-state index in [1.807, 2.05) is 38.1 Å². The highest BCUT2D eigenvalue weighted by Crippen LogP contribution is 2.40. The molecule has 2 unspecified atom stereocenters. The first kappa shape index (κ1) is 21.1. The van der Waals surface area contributed by atoms with E-state index in [4.69, 9.17) is 9.47 Å². The topological polar surface area (TPSA) is 76.1 Å². The summed E-state index contributed by atoms with van der Waals surface area (Å²) in [4.78, 5) is 27.6. The van der Waals surface area contributed by atoms with Crippen LogP contribution in [0.2, 0.25) is 0 Å². The minimum atomic E-state index is -0.671. The zero-order valence-corrected chi connectivity index (χ0v) is 17.8. The number of benzene rings is 2. The van der Waals surface area contributed by atoms with Crippen molar-refractivity contribution in [1.82, 2.24) is 4.90 Å². The number of ketones is 1. The third kappa shape index (κ3) is 4.21. The number of likely N-dealkylation sites (tertiary alicyclic amines) is 1. The normalized spacial score (nSPS) is 22.8. The Bertz CT molecular complexity index is 988. The maximum absolute atomic E-state index is 13.0. The van der Waals surface area contributed by atoms with Gasteiger partial charge in [0.25, 0.3) is 11.7 Å². The van der Waals surface area contributed by atoms with Crippen LogP contribution in [0, 0.1) is 6.92 Å². The Morgan fingerprint density at radius 3 is 2.45 bits per heavy atom. The number of ether oxygens (including phenoxy) is 2. The van der Waals surface area contributed by atoms with Crippen LogP contribution < -0.4 is 4.74 Å². The summed E-state index contributed by atoms with van der Waals surface area (Å²) in [6.45, 7) is 5.39. The van der Waals surface area contributed by atoms with Gasteiger partial charge in [-0.3, -0.25) is 9.59 Å². The van der Waals surface area contributed by atoms with Gasteiger partial charge < -0.3 is 19.5 Å². The molecule has 0 bridgehead atoms. The molecule has 6 heteroatoms. The number of carbonyl (C=O) groups excluding carboxylic acids is 2. The van der Waals surface area contributed by atoms with Crippen molar-refractivity contribution < 1.29 is 24.2 Å². The van der Waals surface area contributed by atoms with Crippen molar-refractivity contribution in [3.63, 3.8) is 0 Å². The molecule has 1 N–H and O–H groups in total. The summed E-state index contributed by atoms with van der Waals surface area (Å²) >= 11 is 0. The molecule has 0 spiro atoms. The van der Waals surface area contributed by atoms with Crippen molar-refractivity contribution in [3.05, 3.63) is 70.8 Å². The van der Waals surface area contributed by atoms with Crippen molar-refractivity contribution in [1.29, 1.82) is 0 Å². The fourth-order valence-corrected chi connectivity index (χ4v) is 4.20. The molecule has 6 nitrogen and oxygen atoms in total. The summed E-state index contributed by atoms with van der Waals surface area (Å²) in [5.41, 5.74) is 2.44. The number of rotatable bonds is 6. The van der Waals surface area contributed by atoms with Crippen molar-refractivity contribution >= 4 is 17.4 Å². The maximum atomic E-state index is 13.0. The maximum Gasteiger partial charge on any atom is 0.295 e. The Morgan fingerprint density at radius 2 is 1.84 bits per heavy atom. The number of aliphatic hydroxyl groups excluding tert-OH is 1. The summed E-state index contributed by atoms with van der Waals surface area (Å²) in [7, 11) is 0. The second-order valence-electron chi connectivity index (χ2n) is 7.95. The predicted octanol–water partition coefficient (Wildman–Crippen LogP) is 3.99. The van der Waals surface area contributed by atoms with Gasteiger partial charge in [0.1, 0.15) is 11.5 Å². The summed E-state index contributed by atoms with van der Waals surface area (Å²) in [6.07, 6.45) is 1.69. The van der Waals surface area contributed by atoms with Gasteiger partial charge in [-0.1, -0.05) is 29.8 Å². The Balaban J connectivity index is 1.77. The molecule has 0 aliphatic carbocycles. The van der Waals surface area contributed by atoms with Crippen LogP contribution >= 0.6 is 0 Å². The van der Waals surface area contributed by atoms with Crippen LogP contribution in [0.3, 0.4) is 0 Å². The van der Waals surface area contributed by atoms with Gasteiger partial charge in [0.05, 0.1) is 24.3 Å². The Hall–Kier alpha value is -3.12. The van der Waals surface area contributed by atoms with E-state index in [9.17, 15) is 14.7 Å². The predicted molar refractivity (Wildman–Crippen MR) is 117 cm³/mol. The monoisotopic (exact) mass is 421 g/mol. The molecule has 4 rings (SSSR count). The second kappa shape index (κ2) is 8.94. The molecule has 31 heavy (non-hydrogen) atoms.